The van der Waals surface area contributed by atoms with Gasteiger partial charge in [0, 0.05) is 23.9 Å². The quantitative estimate of drug-likeness (QED) is 0.686. The van der Waals surface area contributed by atoms with E-state index in [9.17, 15) is 10.1 Å². The number of nitrogens with zero attached hydrogens (tertiary/aromatic N) is 1. The predicted octanol–water partition coefficient (Wildman–Crippen LogP) is 3.29. The van der Waals surface area contributed by atoms with Crippen molar-refractivity contribution in [3.63, 3.8) is 0 Å². The van der Waals surface area contributed by atoms with Crippen molar-refractivity contribution in [1.82, 2.24) is 0 Å². The SMILES string of the molecule is NC1CC(Oc2cc([N+](=O)[O-])ccc2Cl)C12CCCC2. The molecule has 20 heavy (non-hydrogen) atoms. The molecule has 6 heteroatoms. The summed E-state index contributed by atoms with van der Waals surface area (Å²) in [6.45, 7) is 0. The molecule has 2 aliphatic carbocycles. The Morgan fingerprint density at radius 3 is 2.70 bits per heavy atom. The molecule has 1 spiro atoms. The second kappa shape index (κ2) is 4.90. The van der Waals surface area contributed by atoms with Crippen molar-refractivity contribution >= 4 is 17.3 Å². The van der Waals surface area contributed by atoms with Crippen LogP contribution in [-0.4, -0.2) is 17.1 Å². The molecule has 0 amide bonds. The van der Waals surface area contributed by atoms with Gasteiger partial charge in [-0.3, -0.25) is 10.1 Å². The summed E-state index contributed by atoms with van der Waals surface area (Å²) in [5, 5.41) is 11.2. The standard InChI is InChI=1S/C14H17ClN2O3/c15-10-4-3-9(17(18)19)7-11(10)20-13-8-12(16)14(13)5-1-2-6-14/h3-4,7,12-13H,1-2,5-6,8,16H2. The normalized spacial score (nSPS) is 27.3. The molecule has 2 fully saturated rings. The molecule has 108 valence electrons. The highest BCUT2D eigenvalue weighted by Gasteiger charge is 2.56. The molecule has 2 N–H and O–H groups in total. The van der Waals surface area contributed by atoms with Gasteiger partial charge in [0.2, 0.25) is 0 Å². The summed E-state index contributed by atoms with van der Waals surface area (Å²) >= 11 is 6.08. The number of ether oxygens (including phenoxy) is 1. The summed E-state index contributed by atoms with van der Waals surface area (Å²) in [5.74, 6) is 0.393. The Labute approximate surface area is 122 Å². The van der Waals surface area contributed by atoms with Gasteiger partial charge in [-0.05, 0) is 18.9 Å². The molecule has 0 radical (unpaired) electrons. The second-order valence-electron chi connectivity index (χ2n) is 5.76. The Balaban J connectivity index is 1.81. The highest BCUT2D eigenvalue weighted by atomic mass is 35.5. The van der Waals surface area contributed by atoms with E-state index in [0.29, 0.717) is 10.8 Å². The van der Waals surface area contributed by atoms with Gasteiger partial charge in [0.05, 0.1) is 16.0 Å². The molecule has 2 atom stereocenters. The number of benzene rings is 1. The summed E-state index contributed by atoms with van der Waals surface area (Å²) in [6, 6.07) is 4.46. The zero-order valence-corrected chi connectivity index (χ0v) is 11.8. The maximum absolute atomic E-state index is 10.8. The zero-order chi connectivity index (χ0) is 14.3. The number of nitrogens with two attached hydrogens (primary N) is 1. The number of nitro groups is 1. The molecule has 2 unspecified atom stereocenters. The van der Waals surface area contributed by atoms with Crippen LogP contribution < -0.4 is 10.5 Å². The minimum Gasteiger partial charge on any atom is -0.488 e. The third kappa shape index (κ3) is 2.05. The van der Waals surface area contributed by atoms with Crippen LogP contribution >= 0.6 is 11.6 Å². The number of hydrogen-bond donors (Lipinski definition) is 1. The average molecular weight is 297 g/mol. The molecule has 0 aromatic heterocycles. The van der Waals surface area contributed by atoms with E-state index in [4.69, 9.17) is 22.1 Å². The van der Waals surface area contributed by atoms with Crippen molar-refractivity contribution < 1.29 is 9.66 Å². The Morgan fingerprint density at radius 2 is 2.10 bits per heavy atom. The topological polar surface area (TPSA) is 78.4 Å². The first-order valence-electron chi connectivity index (χ1n) is 6.89. The van der Waals surface area contributed by atoms with E-state index in [1.807, 2.05) is 0 Å². The van der Waals surface area contributed by atoms with Crippen LogP contribution in [0.25, 0.3) is 0 Å². The fourth-order valence-electron chi connectivity index (χ4n) is 3.52. The van der Waals surface area contributed by atoms with Crippen molar-refractivity contribution in [2.45, 2.75) is 44.2 Å². The molecular weight excluding hydrogens is 280 g/mol. The number of rotatable bonds is 3. The molecule has 0 aliphatic heterocycles. The predicted molar refractivity (Wildman–Crippen MR) is 76.0 cm³/mol. The highest BCUT2D eigenvalue weighted by molar-refractivity contribution is 6.32. The average Bonchev–Trinajstić information content (AvgIpc) is 2.92. The monoisotopic (exact) mass is 296 g/mol. The maximum Gasteiger partial charge on any atom is 0.273 e. The lowest BCUT2D eigenvalue weighted by Crippen LogP contribution is -2.62. The molecule has 1 aromatic rings. The van der Waals surface area contributed by atoms with Crippen LogP contribution in [0.5, 0.6) is 5.75 Å². The maximum atomic E-state index is 10.8. The van der Waals surface area contributed by atoms with E-state index in [0.717, 1.165) is 19.3 Å². The highest BCUT2D eigenvalue weighted by Crippen LogP contribution is 2.54. The minimum atomic E-state index is -0.443. The van der Waals surface area contributed by atoms with Crippen molar-refractivity contribution in [3.8, 4) is 5.75 Å². The van der Waals surface area contributed by atoms with Crippen molar-refractivity contribution in [2.24, 2.45) is 11.1 Å². The summed E-state index contributed by atoms with van der Waals surface area (Å²) in [7, 11) is 0. The van der Waals surface area contributed by atoms with E-state index < -0.39 is 4.92 Å². The van der Waals surface area contributed by atoms with Crippen LogP contribution in [0.2, 0.25) is 5.02 Å². The van der Waals surface area contributed by atoms with Gasteiger partial charge in [-0.1, -0.05) is 24.4 Å². The molecule has 0 heterocycles. The van der Waals surface area contributed by atoms with Crippen LogP contribution in [0.3, 0.4) is 0 Å². The van der Waals surface area contributed by atoms with Crippen molar-refractivity contribution in [1.29, 1.82) is 0 Å². The molecule has 0 bridgehead atoms. The molecule has 2 aliphatic rings. The fraction of sp³-hybridized carbons (Fsp3) is 0.571. The van der Waals surface area contributed by atoms with E-state index >= 15 is 0 Å². The van der Waals surface area contributed by atoms with Gasteiger partial charge in [0.1, 0.15) is 11.9 Å². The van der Waals surface area contributed by atoms with E-state index in [1.54, 1.807) is 0 Å². The first-order chi connectivity index (χ1) is 9.53. The molecule has 2 saturated carbocycles. The number of nitro benzene ring substituents is 1. The van der Waals surface area contributed by atoms with Gasteiger partial charge in [0.15, 0.2) is 0 Å². The summed E-state index contributed by atoms with van der Waals surface area (Å²) in [4.78, 5) is 10.4. The number of non-ortho nitro benzene ring substituents is 1. The van der Waals surface area contributed by atoms with Crippen LogP contribution in [-0.2, 0) is 0 Å². The Morgan fingerprint density at radius 1 is 1.40 bits per heavy atom. The van der Waals surface area contributed by atoms with Crippen molar-refractivity contribution in [3.05, 3.63) is 33.3 Å². The third-order valence-corrected chi connectivity index (χ3v) is 5.09. The van der Waals surface area contributed by atoms with Gasteiger partial charge < -0.3 is 10.5 Å². The first kappa shape index (κ1) is 13.6. The van der Waals surface area contributed by atoms with E-state index in [2.05, 4.69) is 0 Å². The van der Waals surface area contributed by atoms with Crippen LogP contribution in [0.4, 0.5) is 5.69 Å². The van der Waals surface area contributed by atoms with Crippen LogP contribution in [0.1, 0.15) is 32.1 Å². The fourth-order valence-corrected chi connectivity index (χ4v) is 3.68. The molecule has 5 nitrogen and oxygen atoms in total. The molecule has 1 aromatic carbocycles. The minimum absolute atomic E-state index is 0.00602. The Bertz CT molecular complexity index is 543. The van der Waals surface area contributed by atoms with Gasteiger partial charge in [-0.2, -0.15) is 0 Å². The molecule has 0 saturated heterocycles. The largest absolute Gasteiger partial charge is 0.488 e. The van der Waals surface area contributed by atoms with Gasteiger partial charge >= 0.3 is 0 Å². The summed E-state index contributed by atoms with van der Waals surface area (Å²) < 4.78 is 5.96. The summed E-state index contributed by atoms with van der Waals surface area (Å²) in [5.41, 5.74) is 6.20. The Hall–Kier alpha value is -1.33. The third-order valence-electron chi connectivity index (χ3n) is 4.78. The van der Waals surface area contributed by atoms with Crippen molar-refractivity contribution in [2.75, 3.05) is 0 Å². The van der Waals surface area contributed by atoms with Gasteiger partial charge in [-0.15, -0.1) is 0 Å². The van der Waals surface area contributed by atoms with Gasteiger partial charge in [-0.25, -0.2) is 0 Å². The zero-order valence-electron chi connectivity index (χ0n) is 11.0. The lowest BCUT2D eigenvalue weighted by Gasteiger charge is -2.52. The molecular formula is C14H17ClN2O3. The number of halogens is 1. The van der Waals surface area contributed by atoms with Gasteiger partial charge in [0.25, 0.3) is 5.69 Å². The van der Waals surface area contributed by atoms with E-state index in [1.165, 1.54) is 31.0 Å². The lowest BCUT2D eigenvalue weighted by atomic mass is 9.61. The van der Waals surface area contributed by atoms with Crippen LogP contribution in [0.15, 0.2) is 18.2 Å². The first-order valence-corrected chi connectivity index (χ1v) is 7.27. The second-order valence-corrected chi connectivity index (χ2v) is 6.17. The Kier molecular flexibility index (Phi) is 3.34. The van der Waals surface area contributed by atoms with Crippen LogP contribution in [0, 0.1) is 15.5 Å². The smallest absolute Gasteiger partial charge is 0.273 e. The summed E-state index contributed by atoms with van der Waals surface area (Å²) in [6.07, 6.45) is 5.32. The number of hydrogen-bond acceptors (Lipinski definition) is 4. The molecule has 3 rings (SSSR count). The lowest BCUT2D eigenvalue weighted by molar-refractivity contribution is -0.385. The van der Waals surface area contributed by atoms with E-state index in [-0.39, 0.29) is 23.2 Å².